The number of nitrogens with zero attached hydrogens (tertiary/aromatic N) is 1. The first-order valence-electron chi connectivity index (χ1n) is 4.00. The van der Waals surface area contributed by atoms with Gasteiger partial charge in [0, 0.05) is 11.0 Å². The number of rotatable bonds is 2. The van der Waals surface area contributed by atoms with E-state index in [-0.39, 0.29) is 0 Å². The molecule has 0 bridgehead atoms. The van der Waals surface area contributed by atoms with Crippen molar-refractivity contribution in [1.29, 1.82) is 0 Å². The fraction of sp³-hybridized carbons (Fsp3) is 0.400. The van der Waals surface area contributed by atoms with Gasteiger partial charge in [-0.15, -0.1) is 0 Å². The number of benzene rings is 1. The van der Waals surface area contributed by atoms with Crippen molar-refractivity contribution >= 4 is 15.9 Å². The van der Waals surface area contributed by atoms with Crippen molar-refractivity contribution in [3.05, 3.63) is 33.8 Å². The zero-order chi connectivity index (χ0) is 9.14. The van der Waals surface area contributed by atoms with Gasteiger partial charge in [0.2, 0.25) is 0 Å². The average molecular weight is 228 g/mol. The molecule has 1 nitrogen and oxygen atoms in total. The molecule has 0 aliphatic rings. The van der Waals surface area contributed by atoms with Crippen LogP contribution < -0.4 is 0 Å². The highest BCUT2D eigenvalue weighted by molar-refractivity contribution is 9.10. The summed E-state index contributed by atoms with van der Waals surface area (Å²) in [5.41, 5.74) is 2.65. The highest BCUT2D eigenvalue weighted by atomic mass is 79.9. The maximum atomic E-state index is 3.58. The second-order valence-corrected chi connectivity index (χ2v) is 4.08. The van der Waals surface area contributed by atoms with E-state index >= 15 is 0 Å². The van der Waals surface area contributed by atoms with Gasteiger partial charge in [0.1, 0.15) is 0 Å². The van der Waals surface area contributed by atoms with Crippen LogP contribution in [0.2, 0.25) is 0 Å². The minimum Gasteiger partial charge on any atom is -0.305 e. The molecule has 1 aromatic carbocycles. The molecular weight excluding hydrogens is 214 g/mol. The lowest BCUT2D eigenvalue weighted by Gasteiger charge is -2.12. The fourth-order valence-corrected chi connectivity index (χ4v) is 1.56. The molecule has 1 aromatic rings. The van der Waals surface area contributed by atoms with Crippen LogP contribution in [0.4, 0.5) is 0 Å². The first kappa shape index (κ1) is 9.75. The van der Waals surface area contributed by atoms with Crippen molar-refractivity contribution in [2.45, 2.75) is 13.5 Å². The Bertz CT molecular complexity index is 269. The lowest BCUT2D eigenvalue weighted by molar-refractivity contribution is 0.401. The van der Waals surface area contributed by atoms with Gasteiger partial charge in [-0.3, -0.25) is 0 Å². The second kappa shape index (κ2) is 4.06. The predicted octanol–water partition coefficient (Wildman–Crippen LogP) is 2.82. The molecule has 0 aromatic heterocycles. The third-order valence-corrected chi connectivity index (χ3v) is 2.89. The Labute approximate surface area is 82.5 Å². The lowest BCUT2D eigenvalue weighted by Crippen LogP contribution is -2.11. The minimum atomic E-state index is 0.988. The Morgan fingerprint density at radius 3 is 2.58 bits per heavy atom. The number of aryl methyl sites for hydroxylation is 1. The summed E-state index contributed by atoms with van der Waals surface area (Å²) in [6.45, 7) is 3.10. The Kier molecular flexibility index (Phi) is 3.29. The van der Waals surface area contributed by atoms with E-state index in [1.54, 1.807) is 0 Å². The molecule has 0 atom stereocenters. The van der Waals surface area contributed by atoms with Crippen molar-refractivity contribution in [3.63, 3.8) is 0 Å². The van der Waals surface area contributed by atoms with E-state index in [9.17, 15) is 0 Å². The van der Waals surface area contributed by atoms with E-state index in [1.807, 2.05) is 0 Å². The van der Waals surface area contributed by atoms with E-state index in [0.29, 0.717) is 0 Å². The van der Waals surface area contributed by atoms with Crippen LogP contribution in [0.1, 0.15) is 11.1 Å². The number of hydrogen-bond donors (Lipinski definition) is 0. The van der Waals surface area contributed by atoms with Crippen LogP contribution >= 0.6 is 15.9 Å². The van der Waals surface area contributed by atoms with Crippen LogP contribution in [0, 0.1) is 6.92 Å². The second-order valence-electron chi connectivity index (χ2n) is 3.29. The molecule has 66 valence electrons. The molecule has 1 rings (SSSR count). The van der Waals surface area contributed by atoms with Crippen LogP contribution in [-0.4, -0.2) is 19.0 Å². The number of halogens is 1. The van der Waals surface area contributed by atoms with E-state index in [4.69, 9.17) is 0 Å². The van der Waals surface area contributed by atoms with Gasteiger partial charge in [0.15, 0.2) is 0 Å². The van der Waals surface area contributed by atoms with Crippen LogP contribution in [0.25, 0.3) is 0 Å². The molecule has 0 unspecified atom stereocenters. The SMILES string of the molecule is Cc1cccc(CN(C)C)c1Br. The molecule has 0 aliphatic heterocycles. The Hall–Kier alpha value is -0.340. The highest BCUT2D eigenvalue weighted by Gasteiger charge is 2.02. The van der Waals surface area contributed by atoms with Gasteiger partial charge in [-0.2, -0.15) is 0 Å². The van der Waals surface area contributed by atoms with Crippen LogP contribution in [-0.2, 0) is 6.54 Å². The highest BCUT2D eigenvalue weighted by Crippen LogP contribution is 2.21. The monoisotopic (exact) mass is 227 g/mol. The number of hydrogen-bond acceptors (Lipinski definition) is 1. The van der Waals surface area contributed by atoms with Gasteiger partial charge in [0.25, 0.3) is 0 Å². The molecular formula is C10H14BrN. The molecule has 0 fully saturated rings. The summed E-state index contributed by atoms with van der Waals surface area (Å²) < 4.78 is 1.23. The average Bonchev–Trinajstić information content (AvgIpc) is 1.98. The zero-order valence-corrected chi connectivity index (χ0v) is 9.35. The van der Waals surface area contributed by atoms with Crippen LogP contribution in [0.15, 0.2) is 22.7 Å². The summed E-state index contributed by atoms with van der Waals surface area (Å²) in [6, 6.07) is 6.36. The van der Waals surface area contributed by atoms with Crippen molar-refractivity contribution in [2.75, 3.05) is 14.1 Å². The molecule has 12 heavy (non-hydrogen) atoms. The molecule has 0 heterocycles. The molecule has 0 spiro atoms. The molecule has 2 heteroatoms. The zero-order valence-electron chi connectivity index (χ0n) is 7.76. The largest absolute Gasteiger partial charge is 0.305 e. The summed E-state index contributed by atoms with van der Waals surface area (Å²) >= 11 is 3.58. The smallest absolute Gasteiger partial charge is 0.0249 e. The molecule has 0 aliphatic carbocycles. The summed E-state index contributed by atoms with van der Waals surface area (Å²) in [5, 5.41) is 0. The first-order valence-corrected chi connectivity index (χ1v) is 4.79. The van der Waals surface area contributed by atoms with Crippen molar-refractivity contribution in [1.82, 2.24) is 4.90 Å². The Balaban J connectivity index is 2.92. The van der Waals surface area contributed by atoms with Crippen molar-refractivity contribution in [2.24, 2.45) is 0 Å². The summed E-state index contributed by atoms with van der Waals surface area (Å²) in [5.74, 6) is 0. The van der Waals surface area contributed by atoms with E-state index in [1.165, 1.54) is 15.6 Å². The lowest BCUT2D eigenvalue weighted by atomic mass is 10.1. The molecule has 0 radical (unpaired) electrons. The Morgan fingerprint density at radius 2 is 2.00 bits per heavy atom. The molecule has 0 amide bonds. The summed E-state index contributed by atoms with van der Waals surface area (Å²) in [7, 11) is 4.16. The van der Waals surface area contributed by atoms with E-state index < -0.39 is 0 Å². The van der Waals surface area contributed by atoms with Crippen molar-refractivity contribution < 1.29 is 0 Å². The quantitative estimate of drug-likeness (QED) is 0.752. The topological polar surface area (TPSA) is 3.24 Å². The standard InChI is InChI=1S/C10H14BrN/c1-8-5-4-6-9(10(8)11)7-12(2)3/h4-6H,7H2,1-3H3. The van der Waals surface area contributed by atoms with Crippen LogP contribution in [0.3, 0.4) is 0 Å². The van der Waals surface area contributed by atoms with E-state index in [2.05, 4.69) is 60.0 Å². The molecule has 0 N–H and O–H groups in total. The van der Waals surface area contributed by atoms with Crippen LogP contribution in [0.5, 0.6) is 0 Å². The van der Waals surface area contributed by atoms with Gasteiger partial charge < -0.3 is 4.90 Å². The van der Waals surface area contributed by atoms with Gasteiger partial charge >= 0.3 is 0 Å². The maximum Gasteiger partial charge on any atom is 0.0249 e. The van der Waals surface area contributed by atoms with Gasteiger partial charge in [-0.1, -0.05) is 34.1 Å². The Morgan fingerprint density at radius 1 is 1.33 bits per heavy atom. The maximum absolute atomic E-state index is 3.58. The predicted molar refractivity (Wildman–Crippen MR) is 56.3 cm³/mol. The third kappa shape index (κ3) is 2.32. The molecule has 0 saturated heterocycles. The van der Waals surface area contributed by atoms with Gasteiger partial charge in [-0.05, 0) is 32.1 Å². The molecule has 0 saturated carbocycles. The van der Waals surface area contributed by atoms with Crippen molar-refractivity contribution in [3.8, 4) is 0 Å². The summed E-state index contributed by atoms with van der Waals surface area (Å²) in [6.07, 6.45) is 0. The third-order valence-electron chi connectivity index (χ3n) is 1.76. The summed E-state index contributed by atoms with van der Waals surface area (Å²) in [4.78, 5) is 2.17. The van der Waals surface area contributed by atoms with Gasteiger partial charge in [-0.25, -0.2) is 0 Å². The fourth-order valence-electron chi connectivity index (χ4n) is 1.17. The normalized spacial score (nSPS) is 10.8. The van der Waals surface area contributed by atoms with Gasteiger partial charge in [0.05, 0.1) is 0 Å². The minimum absolute atomic E-state index is 0.988. The first-order chi connectivity index (χ1) is 5.61. The van der Waals surface area contributed by atoms with E-state index in [0.717, 1.165) is 6.54 Å².